The van der Waals surface area contributed by atoms with E-state index in [1.165, 1.54) is 49.0 Å². The van der Waals surface area contributed by atoms with Gasteiger partial charge in [0.05, 0.1) is 18.8 Å². The van der Waals surface area contributed by atoms with Gasteiger partial charge in [-0.2, -0.15) is 0 Å². The molecule has 0 bridgehead atoms. The molecule has 0 saturated carbocycles. The topological polar surface area (TPSA) is 49.9 Å². The van der Waals surface area contributed by atoms with Crippen molar-refractivity contribution in [2.45, 2.75) is 72.1 Å². The number of hydrogen-bond acceptors (Lipinski definition) is 4. The summed E-state index contributed by atoms with van der Waals surface area (Å²) in [6, 6.07) is 6.05. The molecule has 0 spiro atoms. The summed E-state index contributed by atoms with van der Waals surface area (Å²) in [5, 5.41) is 0. The lowest BCUT2D eigenvalue weighted by Crippen LogP contribution is -2.40. The van der Waals surface area contributed by atoms with Gasteiger partial charge in [0.25, 0.3) is 11.8 Å². The predicted octanol–water partition coefficient (Wildman–Crippen LogP) is 4.86. The zero-order chi connectivity index (χ0) is 22.2. The van der Waals surface area contributed by atoms with Crippen molar-refractivity contribution in [3.05, 3.63) is 40.6 Å². The third kappa shape index (κ3) is 5.76. The zero-order valence-corrected chi connectivity index (χ0v) is 19.5. The van der Waals surface area contributed by atoms with Crippen molar-refractivity contribution in [3.8, 4) is 0 Å². The Bertz CT molecular complexity index is 809. The van der Waals surface area contributed by atoms with Gasteiger partial charge in [-0.25, -0.2) is 0 Å². The summed E-state index contributed by atoms with van der Waals surface area (Å²) in [6.45, 7) is 9.32. The van der Waals surface area contributed by atoms with Crippen LogP contribution in [0.1, 0.15) is 75.0 Å². The molecule has 2 heterocycles. The molecule has 2 aliphatic rings. The Balaban J connectivity index is 1.70. The molecule has 2 aliphatic heterocycles. The van der Waals surface area contributed by atoms with Crippen LogP contribution in [0, 0.1) is 13.8 Å². The van der Waals surface area contributed by atoms with Crippen molar-refractivity contribution in [2.24, 2.45) is 0 Å². The number of benzene rings is 1. The average Bonchev–Trinajstić information content (AvgIpc) is 3.02. The molecule has 170 valence electrons. The second-order valence-electron chi connectivity index (χ2n) is 8.86. The van der Waals surface area contributed by atoms with E-state index in [4.69, 9.17) is 4.74 Å². The summed E-state index contributed by atoms with van der Waals surface area (Å²) in [4.78, 5) is 30.3. The highest BCUT2D eigenvalue weighted by atomic mass is 16.5. The highest BCUT2D eigenvalue weighted by molar-refractivity contribution is 6.35. The van der Waals surface area contributed by atoms with Gasteiger partial charge < -0.3 is 9.64 Å². The molecule has 5 nitrogen and oxygen atoms in total. The van der Waals surface area contributed by atoms with Crippen LogP contribution < -0.4 is 0 Å². The average molecular weight is 427 g/mol. The lowest BCUT2D eigenvalue weighted by Gasteiger charge is -2.29. The first-order chi connectivity index (χ1) is 15.0. The van der Waals surface area contributed by atoms with E-state index in [1.807, 2.05) is 30.0 Å². The van der Waals surface area contributed by atoms with Gasteiger partial charge in [0.15, 0.2) is 0 Å². The van der Waals surface area contributed by atoms with Gasteiger partial charge in [-0.15, -0.1) is 0 Å². The first-order valence-corrected chi connectivity index (χ1v) is 12.1. The van der Waals surface area contributed by atoms with Crippen LogP contribution in [0.3, 0.4) is 0 Å². The molecule has 0 unspecified atom stereocenters. The van der Waals surface area contributed by atoms with E-state index < -0.39 is 0 Å². The Morgan fingerprint density at radius 2 is 1.48 bits per heavy atom. The number of nitrogens with zero attached hydrogens (tertiary/aromatic N) is 2. The molecule has 5 heteroatoms. The van der Waals surface area contributed by atoms with E-state index in [9.17, 15) is 9.59 Å². The monoisotopic (exact) mass is 426 g/mol. The highest BCUT2D eigenvalue weighted by Crippen LogP contribution is 2.33. The molecule has 0 aliphatic carbocycles. The number of carbonyl (C=O) groups is 2. The number of amides is 2. The first kappa shape index (κ1) is 23.5. The van der Waals surface area contributed by atoms with Gasteiger partial charge in [-0.1, -0.05) is 70.1 Å². The molecule has 1 saturated heterocycles. The standard InChI is InChI=1S/C26H38N2O3/c1-4-5-6-7-8-9-10-11-14-28-25(29)23(22-13-12-20(2)21(3)19-22)24(26(28)30)27-15-17-31-18-16-27/h12-13,19H,4-11,14-18H2,1-3H3. The molecule has 3 rings (SSSR count). The summed E-state index contributed by atoms with van der Waals surface area (Å²) in [7, 11) is 0. The van der Waals surface area contributed by atoms with Gasteiger partial charge >= 0.3 is 0 Å². The minimum absolute atomic E-state index is 0.136. The van der Waals surface area contributed by atoms with Crippen LogP contribution in [0.4, 0.5) is 0 Å². The number of hydrogen-bond donors (Lipinski definition) is 0. The fraction of sp³-hybridized carbons (Fsp3) is 0.615. The van der Waals surface area contributed by atoms with Gasteiger partial charge in [-0.3, -0.25) is 14.5 Å². The number of aryl methyl sites for hydroxylation is 2. The second kappa shape index (κ2) is 11.5. The van der Waals surface area contributed by atoms with Gasteiger partial charge in [0.1, 0.15) is 5.70 Å². The van der Waals surface area contributed by atoms with Crippen LogP contribution in [0.25, 0.3) is 5.57 Å². The zero-order valence-electron chi connectivity index (χ0n) is 19.5. The molecule has 0 aromatic heterocycles. The lowest BCUT2D eigenvalue weighted by molar-refractivity contribution is -0.137. The van der Waals surface area contributed by atoms with Crippen LogP contribution in [0.5, 0.6) is 0 Å². The minimum Gasteiger partial charge on any atom is -0.378 e. The van der Waals surface area contributed by atoms with E-state index in [0.717, 1.165) is 24.0 Å². The van der Waals surface area contributed by atoms with Gasteiger partial charge in [-0.05, 0) is 37.0 Å². The quantitative estimate of drug-likeness (QED) is 0.375. The SMILES string of the molecule is CCCCCCCCCCN1C(=O)C(c2ccc(C)c(C)c2)=C(N2CCOCC2)C1=O. The fourth-order valence-corrected chi connectivity index (χ4v) is 4.41. The molecule has 1 fully saturated rings. The summed E-state index contributed by atoms with van der Waals surface area (Å²) < 4.78 is 5.48. The Kier molecular flexibility index (Phi) is 8.70. The maximum absolute atomic E-state index is 13.4. The Morgan fingerprint density at radius 1 is 0.839 bits per heavy atom. The fourth-order valence-electron chi connectivity index (χ4n) is 4.41. The van der Waals surface area contributed by atoms with Gasteiger partial charge in [0, 0.05) is 19.6 Å². The molecule has 31 heavy (non-hydrogen) atoms. The van der Waals surface area contributed by atoms with Crippen LogP contribution in [-0.2, 0) is 14.3 Å². The van der Waals surface area contributed by atoms with Crippen molar-refractivity contribution in [2.75, 3.05) is 32.8 Å². The number of unbranched alkanes of at least 4 members (excludes halogenated alkanes) is 7. The summed E-state index contributed by atoms with van der Waals surface area (Å²) >= 11 is 0. The molecule has 0 atom stereocenters. The van der Waals surface area contributed by atoms with Crippen molar-refractivity contribution < 1.29 is 14.3 Å². The number of morpholine rings is 1. The Morgan fingerprint density at radius 3 is 2.13 bits per heavy atom. The van der Waals surface area contributed by atoms with Crippen LogP contribution in [-0.4, -0.2) is 54.5 Å². The molecular weight excluding hydrogens is 388 g/mol. The highest BCUT2D eigenvalue weighted by Gasteiger charge is 2.41. The largest absolute Gasteiger partial charge is 0.378 e. The maximum atomic E-state index is 13.4. The summed E-state index contributed by atoms with van der Waals surface area (Å²) in [5.41, 5.74) is 4.30. The molecule has 0 radical (unpaired) electrons. The molecule has 1 aromatic carbocycles. The summed E-state index contributed by atoms with van der Waals surface area (Å²) in [5.74, 6) is -0.277. The first-order valence-electron chi connectivity index (χ1n) is 12.1. The number of carbonyl (C=O) groups excluding carboxylic acids is 2. The Labute approximate surface area is 187 Å². The van der Waals surface area contributed by atoms with Crippen LogP contribution in [0.15, 0.2) is 23.9 Å². The second-order valence-corrected chi connectivity index (χ2v) is 8.86. The van der Waals surface area contributed by atoms with Crippen LogP contribution in [0.2, 0.25) is 0 Å². The lowest BCUT2D eigenvalue weighted by atomic mass is 9.99. The predicted molar refractivity (Wildman–Crippen MR) is 125 cm³/mol. The Hall–Kier alpha value is -2.14. The van der Waals surface area contributed by atoms with E-state index in [2.05, 4.69) is 13.8 Å². The smallest absolute Gasteiger partial charge is 0.277 e. The third-order valence-corrected chi connectivity index (χ3v) is 6.50. The third-order valence-electron chi connectivity index (χ3n) is 6.50. The van der Waals surface area contributed by atoms with E-state index in [1.54, 1.807) is 0 Å². The van der Waals surface area contributed by atoms with E-state index in [-0.39, 0.29) is 11.8 Å². The molecule has 1 aromatic rings. The number of imide groups is 1. The minimum atomic E-state index is -0.141. The number of ether oxygens (including phenoxy) is 1. The summed E-state index contributed by atoms with van der Waals surface area (Å²) in [6.07, 6.45) is 9.53. The van der Waals surface area contributed by atoms with Crippen LogP contribution >= 0.6 is 0 Å². The van der Waals surface area contributed by atoms with Crippen molar-refractivity contribution in [1.82, 2.24) is 9.80 Å². The van der Waals surface area contributed by atoms with Gasteiger partial charge in [0.2, 0.25) is 0 Å². The van der Waals surface area contributed by atoms with E-state index >= 15 is 0 Å². The number of rotatable bonds is 11. The van der Waals surface area contributed by atoms with Crippen molar-refractivity contribution in [3.63, 3.8) is 0 Å². The molecule has 0 N–H and O–H groups in total. The van der Waals surface area contributed by atoms with Crippen molar-refractivity contribution in [1.29, 1.82) is 0 Å². The molecular formula is C26H38N2O3. The van der Waals surface area contributed by atoms with E-state index in [0.29, 0.717) is 44.1 Å². The van der Waals surface area contributed by atoms with Crippen molar-refractivity contribution >= 4 is 17.4 Å². The normalized spacial score (nSPS) is 17.3. The molecule has 2 amide bonds. The maximum Gasteiger partial charge on any atom is 0.277 e.